The van der Waals surface area contributed by atoms with Gasteiger partial charge in [-0.15, -0.1) is 0 Å². The maximum Gasteiger partial charge on any atom is 0.167 e. The Labute approximate surface area is 117 Å². The Morgan fingerprint density at radius 2 is 1.84 bits per heavy atom. The van der Waals surface area contributed by atoms with Crippen LogP contribution in [0.25, 0.3) is 0 Å². The molecular weight excluding hydrogens is 263 g/mol. The lowest BCUT2D eigenvalue weighted by molar-refractivity contribution is 0.0993. The molecule has 2 aromatic carbocycles. The molecule has 0 spiro atoms. The fraction of sp³-hybridized carbons (Fsp3) is 0.188. The van der Waals surface area contributed by atoms with E-state index in [1.807, 2.05) is 24.3 Å². The molecule has 0 aliphatic heterocycles. The molecule has 0 saturated heterocycles. The van der Waals surface area contributed by atoms with Gasteiger partial charge in [0.2, 0.25) is 0 Å². The molecule has 0 unspecified atom stereocenters. The van der Waals surface area contributed by atoms with Crippen LogP contribution in [0.4, 0.5) is 4.39 Å². The zero-order valence-electron chi connectivity index (χ0n) is 10.6. The van der Waals surface area contributed by atoms with Gasteiger partial charge in [0.15, 0.2) is 5.78 Å². The van der Waals surface area contributed by atoms with Crippen LogP contribution in [0.2, 0.25) is 5.02 Å². The highest BCUT2D eigenvalue weighted by Crippen LogP contribution is 2.19. The fourth-order valence-corrected chi connectivity index (χ4v) is 2.10. The predicted octanol–water partition coefficient (Wildman–Crippen LogP) is 4.47. The SMILES string of the molecule is CCc1ccc(C(=O)Cc2ccc(F)cc2Cl)cc1. The van der Waals surface area contributed by atoms with Gasteiger partial charge in [0.1, 0.15) is 5.82 Å². The molecule has 0 saturated carbocycles. The fourth-order valence-electron chi connectivity index (χ4n) is 1.87. The van der Waals surface area contributed by atoms with E-state index in [0.29, 0.717) is 16.1 Å². The van der Waals surface area contributed by atoms with Gasteiger partial charge in [0, 0.05) is 17.0 Å². The molecular formula is C16H14ClFO. The number of hydrogen-bond donors (Lipinski definition) is 0. The molecule has 1 nitrogen and oxygen atoms in total. The van der Waals surface area contributed by atoms with Gasteiger partial charge in [-0.05, 0) is 29.7 Å². The first-order valence-electron chi connectivity index (χ1n) is 6.16. The van der Waals surface area contributed by atoms with Crippen LogP contribution in [0.5, 0.6) is 0 Å². The van der Waals surface area contributed by atoms with Crippen molar-refractivity contribution >= 4 is 17.4 Å². The van der Waals surface area contributed by atoms with Gasteiger partial charge < -0.3 is 0 Å². The largest absolute Gasteiger partial charge is 0.294 e. The van der Waals surface area contributed by atoms with E-state index in [-0.39, 0.29) is 12.2 Å². The highest BCUT2D eigenvalue weighted by Gasteiger charge is 2.10. The molecule has 0 atom stereocenters. The average molecular weight is 277 g/mol. The number of carbonyl (C=O) groups excluding carboxylic acids is 1. The van der Waals surface area contributed by atoms with Crippen LogP contribution >= 0.6 is 11.6 Å². The monoisotopic (exact) mass is 276 g/mol. The van der Waals surface area contributed by atoms with E-state index in [1.165, 1.54) is 17.7 Å². The summed E-state index contributed by atoms with van der Waals surface area (Å²) in [5, 5.41) is 0.290. The van der Waals surface area contributed by atoms with E-state index in [0.717, 1.165) is 6.42 Å². The van der Waals surface area contributed by atoms with Gasteiger partial charge in [0.25, 0.3) is 0 Å². The molecule has 0 radical (unpaired) electrons. The lowest BCUT2D eigenvalue weighted by Crippen LogP contribution is -2.04. The first kappa shape index (κ1) is 13.8. The molecule has 0 bridgehead atoms. The molecule has 3 heteroatoms. The van der Waals surface area contributed by atoms with Crippen molar-refractivity contribution in [2.24, 2.45) is 0 Å². The van der Waals surface area contributed by atoms with Crippen LogP contribution in [0.15, 0.2) is 42.5 Å². The minimum Gasteiger partial charge on any atom is -0.294 e. The summed E-state index contributed by atoms with van der Waals surface area (Å²) in [5.74, 6) is -0.412. The molecule has 0 aromatic heterocycles. The van der Waals surface area contributed by atoms with E-state index in [2.05, 4.69) is 6.92 Å². The van der Waals surface area contributed by atoms with E-state index in [4.69, 9.17) is 11.6 Å². The van der Waals surface area contributed by atoms with Crippen LogP contribution < -0.4 is 0 Å². The van der Waals surface area contributed by atoms with Crippen molar-refractivity contribution in [3.63, 3.8) is 0 Å². The molecule has 98 valence electrons. The van der Waals surface area contributed by atoms with Gasteiger partial charge in [-0.1, -0.05) is 48.9 Å². The number of rotatable bonds is 4. The Morgan fingerprint density at radius 1 is 1.16 bits per heavy atom. The number of halogens is 2. The van der Waals surface area contributed by atoms with Gasteiger partial charge in [-0.3, -0.25) is 4.79 Å². The zero-order valence-corrected chi connectivity index (χ0v) is 11.4. The minimum absolute atomic E-state index is 0.0174. The number of carbonyl (C=O) groups is 1. The van der Waals surface area contributed by atoms with Crippen LogP contribution in [-0.4, -0.2) is 5.78 Å². The minimum atomic E-state index is -0.395. The third-order valence-corrected chi connectivity index (χ3v) is 3.40. The summed E-state index contributed by atoms with van der Waals surface area (Å²) >= 11 is 5.92. The van der Waals surface area contributed by atoms with E-state index >= 15 is 0 Å². The average Bonchev–Trinajstić information content (AvgIpc) is 2.42. The van der Waals surface area contributed by atoms with Crippen LogP contribution in [-0.2, 0) is 12.8 Å². The topological polar surface area (TPSA) is 17.1 Å². The summed E-state index contributed by atoms with van der Waals surface area (Å²) in [6.45, 7) is 2.06. The van der Waals surface area contributed by atoms with E-state index in [9.17, 15) is 9.18 Å². The van der Waals surface area contributed by atoms with Crippen molar-refractivity contribution < 1.29 is 9.18 Å². The van der Waals surface area contributed by atoms with Crippen molar-refractivity contribution in [3.8, 4) is 0 Å². The standard InChI is InChI=1S/C16H14ClFO/c1-2-11-3-5-12(6-4-11)16(19)9-13-7-8-14(18)10-15(13)17/h3-8,10H,2,9H2,1H3. The first-order valence-corrected chi connectivity index (χ1v) is 6.54. The van der Waals surface area contributed by atoms with Crippen LogP contribution in [0.1, 0.15) is 28.4 Å². The highest BCUT2D eigenvalue weighted by atomic mass is 35.5. The predicted molar refractivity (Wildman–Crippen MR) is 75.3 cm³/mol. The van der Waals surface area contributed by atoms with Crippen molar-refractivity contribution in [1.29, 1.82) is 0 Å². The molecule has 19 heavy (non-hydrogen) atoms. The number of ketones is 1. The molecule has 0 fully saturated rings. The molecule has 0 amide bonds. The van der Waals surface area contributed by atoms with Gasteiger partial charge >= 0.3 is 0 Å². The zero-order chi connectivity index (χ0) is 13.8. The maximum absolute atomic E-state index is 12.9. The van der Waals surface area contributed by atoms with Crippen LogP contribution in [0.3, 0.4) is 0 Å². The Bertz CT molecular complexity index is 590. The van der Waals surface area contributed by atoms with Crippen LogP contribution in [0, 0.1) is 5.82 Å². The third kappa shape index (κ3) is 3.42. The van der Waals surface area contributed by atoms with Crippen molar-refractivity contribution in [3.05, 3.63) is 70.0 Å². The second-order valence-corrected chi connectivity index (χ2v) is 4.79. The van der Waals surface area contributed by atoms with Crippen molar-refractivity contribution in [2.75, 3.05) is 0 Å². The third-order valence-electron chi connectivity index (χ3n) is 3.05. The second kappa shape index (κ2) is 5.98. The molecule has 0 heterocycles. The summed E-state index contributed by atoms with van der Waals surface area (Å²) in [7, 11) is 0. The maximum atomic E-state index is 12.9. The normalized spacial score (nSPS) is 10.5. The van der Waals surface area contributed by atoms with E-state index in [1.54, 1.807) is 6.07 Å². The van der Waals surface area contributed by atoms with Gasteiger partial charge in [0.05, 0.1) is 0 Å². The molecule has 2 aromatic rings. The summed E-state index contributed by atoms with van der Waals surface area (Å²) in [6.07, 6.45) is 1.13. The van der Waals surface area contributed by atoms with Gasteiger partial charge in [-0.2, -0.15) is 0 Å². The first-order chi connectivity index (χ1) is 9.10. The summed E-state index contributed by atoms with van der Waals surface area (Å²) in [6, 6.07) is 11.6. The smallest absolute Gasteiger partial charge is 0.167 e. The number of Topliss-reactive ketones (excluding diaryl/α,β-unsaturated/α-hetero) is 1. The number of aryl methyl sites for hydroxylation is 1. The molecule has 0 N–H and O–H groups in total. The Hall–Kier alpha value is -1.67. The molecule has 0 aliphatic carbocycles. The summed E-state index contributed by atoms with van der Waals surface area (Å²) < 4.78 is 12.9. The Kier molecular flexibility index (Phi) is 4.33. The summed E-state index contributed by atoms with van der Waals surface area (Å²) in [4.78, 5) is 12.1. The lowest BCUT2D eigenvalue weighted by atomic mass is 10.0. The Morgan fingerprint density at radius 3 is 2.42 bits per heavy atom. The number of hydrogen-bond acceptors (Lipinski definition) is 1. The number of benzene rings is 2. The lowest BCUT2D eigenvalue weighted by Gasteiger charge is -2.05. The molecule has 2 rings (SSSR count). The highest BCUT2D eigenvalue weighted by molar-refractivity contribution is 6.31. The van der Waals surface area contributed by atoms with E-state index < -0.39 is 5.82 Å². The summed E-state index contributed by atoms with van der Waals surface area (Å²) in [5.41, 5.74) is 2.49. The van der Waals surface area contributed by atoms with Crippen molar-refractivity contribution in [1.82, 2.24) is 0 Å². The molecule has 0 aliphatic rings. The second-order valence-electron chi connectivity index (χ2n) is 4.39. The Balaban J connectivity index is 2.15. The van der Waals surface area contributed by atoms with Gasteiger partial charge in [-0.25, -0.2) is 4.39 Å². The quantitative estimate of drug-likeness (QED) is 0.753. The van der Waals surface area contributed by atoms with Crippen molar-refractivity contribution in [2.45, 2.75) is 19.8 Å².